The van der Waals surface area contributed by atoms with E-state index in [1.54, 1.807) is 42.5 Å². The van der Waals surface area contributed by atoms with Gasteiger partial charge in [-0.1, -0.05) is 42.1 Å². The zero-order chi connectivity index (χ0) is 16.9. The molecular weight excluding hydrogens is 326 g/mol. The number of furan rings is 1. The van der Waals surface area contributed by atoms with Crippen LogP contribution in [-0.2, 0) is 0 Å². The molecule has 6 heteroatoms. The highest BCUT2D eigenvalue weighted by atomic mass is 32.2. The Morgan fingerprint density at radius 1 is 0.917 bits per heavy atom. The number of amides is 1. The monoisotopic (exact) mass is 339 g/mol. The van der Waals surface area contributed by atoms with Gasteiger partial charge in [-0.3, -0.25) is 4.79 Å². The van der Waals surface area contributed by atoms with Crippen LogP contribution in [-0.4, -0.2) is 17.0 Å². The van der Waals surface area contributed by atoms with E-state index in [2.05, 4.69) is 5.32 Å². The zero-order valence-electron chi connectivity index (χ0n) is 12.4. The summed E-state index contributed by atoms with van der Waals surface area (Å²) in [6.07, 6.45) is 0. The second-order valence-corrected chi connectivity index (χ2v) is 5.89. The third-order valence-electron chi connectivity index (χ3n) is 3.16. The molecule has 0 atom stereocenters. The molecule has 0 unspecified atom stereocenters. The van der Waals surface area contributed by atoms with Crippen LogP contribution < -0.4 is 5.32 Å². The van der Waals surface area contributed by atoms with Gasteiger partial charge in [0.1, 0.15) is 0 Å². The van der Waals surface area contributed by atoms with Gasteiger partial charge in [0.2, 0.25) is 0 Å². The first kappa shape index (κ1) is 15.9. The van der Waals surface area contributed by atoms with E-state index < -0.39 is 5.97 Å². The lowest BCUT2D eigenvalue weighted by Crippen LogP contribution is -2.10. The van der Waals surface area contributed by atoms with Gasteiger partial charge in [-0.05, 0) is 36.4 Å². The average molecular weight is 339 g/mol. The number of hydrogen-bond donors (Lipinski definition) is 2. The van der Waals surface area contributed by atoms with Crippen molar-refractivity contribution in [2.24, 2.45) is 0 Å². The molecule has 3 aromatic rings. The van der Waals surface area contributed by atoms with E-state index in [4.69, 9.17) is 4.42 Å². The minimum absolute atomic E-state index is 0.161. The van der Waals surface area contributed by atoms with Crippen LogP contribution in [0.4, 0.5) is 5.69 Å². The summed E-state index contributed by atoms with van der Waals surface area (Å²) >= 11 is 1.16. The van der Waals surface area contributed by atoms with Gasteiger partial charge < -0.3 is 14.8 Å². The first-order valence-electron chi connectivity index (χ1n) is 7.10. The standard InChI is InChI=1S/C18H13NO4S/c20-17(19-12-6-2-1-3-7-12)14-10-11-16(23-14)24-15-9-5-4-8-13(15)18(21)22/h1-11H,(H,19,20)(H,21,22). The summed E-state index contributed by atoms with van der Waals surface area (Å²) in [4.78, 5) is 23.9. The Labute approximate surface area is 142 Å². The number of para-hydroxylation sites is 1. The number of anilines is 1. The van der Waals surface area contributed by atoms with Crippen LogP contribution in [0.2, 0.25) is 0 Å². The van der Waals surface area contributed by atoms with Gasteiger partial charge in [-0.15, -0.1) is 0 Å². The van der Waals surface area contributed by atoms with Crippen molar-refractivity contribution >= 4 is 29.3 Å². The normalized spacial score (nSPS) is 10.3. The number of rotatable bonds is 5. The Morgan fingerprint density at radius 3 is 2.38 bits per heavy atom. The number of hydrogen-bond acceptors (Lipinski definition) is 4. The van der Waals surface area contributed by atoms with Crippen molar-refractivity contribution < 1.29 is 19.1 Å². The Hall–Kier alpha value is -2.99. The highest BCUT2D eigenvalue weighted by molar-refractivity contribution is 7.99. The van der Waals surface area contributed by atoms with Crippen LogP contribution in [0.3, 0.4) is 0 Å². The largest absolute Gasteiger partial charge is 0.478 e. The molecule has 120 valence electrons. The van der Waals surface area contributed by atoms with Crippen molar-refractivity contribution in [3.8, 4) is 0 Å². The molecule has 2 N–H and O–H groups in total. The smallest absolute Gasteiger partial charge is 0.336 e. The molecule has 0 saturated heterocycles. The molecule has 0 aliphatic carbocycles. The number of nitrogens with one attached hydrogen (secondary N) is 1. The summed E-state index contributed by atoms with van der Waals surface area (Å²) in [7, 11) is 0. The average Bonchev–Trinajstić information content (AvgIpc) is 3.05. The molecule has 0 saturated carbocycles. The molecule has 1 heterocycles. The van der Waals surface area contributed by atoms with E-state index in [-0.39, 0.29) is 17.2 Å². The van der Waals surface area contributed by atoms with E-state index in [0.29, 0.717) is 15.7 Å². The second-order valence-electron chi connectivity index (χ2n) is 4.84. The lowest BCUT2D eigenvalue weighted by molar-refractivity contribution is 0.0693. The fraction of sp³-hybridized carbons (Fsp3) is 0. The fourth-order valence-corrected chi connectivity index (χ4v) is 2.95. The quantitative estimate of drug-likeness (QED) is 0.721. The molecule has 24 heavy (non-hydrogen) atoms. The van der Waals surface area contributed by atoms with Crippen molar-refractivity contribution in [2.45, 2.75) is 9.99 Å². The molecule has 0 fully saturated rings. The van der Waals surface area contributed by atoms with Crippen LogP contribution in [0.1, 0.15) is 20.9 Å². The van der Waals surface area contributed by atoms with E-state index in [1.807, 2.05) is 18.2 Å². The number of carboxylic acids is 1. The topological polar surface area (TPSA) is 79.5 Å². The molecule has 0 spiro atoms. The number of carboxylic acid groups (broad SMARTS) is 1. The SMILES string of the molecule is O=C(Nc1ccccc1)c1ccc(Sc2ccccc2C(=O)O)o1. The van der Waals surface area contributed by atoms with Crippen LogP contribution in [0.5, 0.6) is 0 Å². The molecule has 1 amide bonds. The molecular formula is C18H13NO4S. The van der Waals surface area contributed by atoms with Crippen molar-refractivity contribution in [2.75, 3.05) is 5.32 Å². The van der Waals surface area contributed by atoms with Crippen LogP contribution >= 0.6 is 11.8 Å². The molecule has 1 aromatic heterocycles. The minimum atomic E-state index is -1.01. The first-order chi connectivity index (χ1) is 11.6. The van der Waals surface area contributed by atoms with Gasteiger partial charge in [0, 0.05) is 10.6 Å². The van der Waals surface area contributed by atoms with Gasteiger partial charge in [0.05, 0.1) is 5.56 Å². The Bertz CT molecular complexity index is 873. The van der Waals surface area contributed by atoms with E-state index in [1.165, 1.54) is 6.07 Å². The molecule has 0 radical (unpaired) electrons. The minimum Gasteiger partial charge on any atom is -0.478 e. The zero-order valence-corrected chi connectivity index (χ0v) is 13.2. The molecule has 5 nitrogen and oxygen atoms in total. The highest BCUT2D eigenvalue weighted by Crippen LogP contribution is 2.32. The number of benzene rings is 2. The molecule has 0 bridgehead atoms. The molecule has 0 aliphatic heterocycles. The Kier molecular flexibility index (Phi) is 4.67. The maximum Gasteiger partial charge on any atom is 0.336 e. The summed E-state index contributed by atoms with van der Waals surface area (Å²) < 4.78 is 5.51. The van der Waals surface area contributed by atoms with E-state index >= 15 is 0 Å². The van der Waals surface area contributed by atoms with Gasteiger partial charge in [-0.25, -0.2) is 4.79 Å². The number of aromatic carboxylic acids is 1. The third-order valence-corrected chi connectivity index (χ3v) is 4.16. The van der Waals surface area contributed by atoms with Crippen LogP contribution in [0.25, 0.3) is 0 Å². The van der Waals surface area contributed by atoms with Gasteiger partial charge in [-0.2, -0.15) is 0 Å². The lowest BCUT2D eigenvalue weighted by Gasteiger charge is -2.03. The van der Waals surface area contributed by atoms with Crippen molar-refractivity contribution in [1.29, 1.82) is 0 Å². The van der Waals surface area contributed by atoms with Gasteiger partial charge >= 0.3 is 5.97 Å². The van der Waals surface area contributed by atoms with Crippen molar-refractivity contribution in [3.05, 3.63) is 78.1 Å². The van der Waals surface area contributed by atoms with E-state index in [9.17, 15) is 14.7 Å². The van der Waals surface area contributed by atoms with E-state index in [0.717, 1.165) is 11.8 Å². The second kappa shape index (κ2) is 7.06. The van der Waals surface area contributed by atoms with Gasteiger partial charge in [0.25, 0.3) is 5.91 Å². The molecule has 2 aromatic carbocycles. The summed E-state index contributed by atoms with van der Waals surface area (Å²) in [5, 5.41) is 12.4. The third kappa shape index (κ3) is 3.67. The summed E-state index contributed by atoms with van der Waals surface area (Å²) in [5.41, 5.74) is 0.860. The van der Waals surface area contributed by atoms with Crippen molar-refractivity contribution in [3.63, 3.8) is 0 Å². The highest BCUT2D eigenvalue weighted by Gasteiger charge is 2.15. The maximum atomic E-state index is 12.1. The fourth-order valence-electron chi connectivity index (χ4n) is 2.05. The summed E-state index contributed by atoms with van der Waals surface area (Å²) in [6, 6.07) is 18.9. The predicted octanol–water partition coefficient (Wildman–Crippen LogP) is 4.38. The maximum absolute atomic E-state index is 12.1. The Balaban J connectivity index is 1.74. The first-order valence-corrected chi connectivity index (χ1v) is 7.91. The van der Waals surface area contributed by atoms with Crippen LogP contribution in [0.15, 0.2) is 81.1 Å². The number of carbonyl (C=O) groups is 2. The predicted molar refractivity (Wildman–Crippen MR) is 90.6 cm³/mol. The van der Waals surface area contributed by atoms with Gasteiger partial charge in [0.15, 0.2) is 10.9 Å². The lowest BCUT2D eigenvalue weighted by atomic mass is 10.2. The van der Waals surface area contributed by atoms with Crippen molar-refractivity contribution in [1.82, 2.24) is 0 Å². The summed E-state index contributed by atoms with van der Waals surface area (Å²) in [5.74, 6) is -1.21. The Morgan fingerprint density at radius 2 is 1.62 bits per heavy atom. The molecule has 0 aliphatic rings. The van der Waals surface area contributed by atoms with Crippen LogP contribution in [0, 0.1) is 0 Å². The number of carbonyl (C=O) groups excluding carboxylic acids is 1. The molecule has 3 rings (SSSR count). The summed E-state index contributed by atoms with van der Waals surface area (Å²) in [6.45, 7) is 0.